The highest BCUT2D eigenvalue weighted by atomic mass is 19.4. The molecule has 7 nitrogen and oxygen atoms in total. The molecule has 10 heteroatoms. The lowest BCUT2D eigenvalue weighted by molar-refractivity contribution is -0.209. The predicted octanol–water partition coefficient (Wildman–Crippen LogP) is 5.26. The number of aromatic nitrogens is 2. The van der Waals surface area contributed by atoms with Gasteiger partial charge >= 0.3 is 12.3 Å². The third-order valence-electron chi connectivity index (χ3n) is 6.66. The summed E-state index contributed by atoms with van der Waals surface area (Å²) in [6.45, 7) is -0.206. The summed E-state index contributed by atoms with van der Waals surface area (Å²) in [5, 5.41) is 0. The molecule has 0 bridgehead atoms. The fraction of sp³-hybridized carbons (Fsp3) is 0.207. The van der Waals surface area contributed by atoms with Gasteiger partial charge in [0, 0.05) is 17.7 Å². The maximum Gasteiger partial charge on any atom is 0.429 e. The van der Waals surface area contributed by atoms with E-state index in [0.29, 0.717) is 5.56 Å². The number of hydrogen-bond acceptors (Lipinski definition) is 5. The van der Waals surface area contributed by atoms with E-state index >= 15 is 0 Å². The Morgan fingerprint density at radius 3 is 1.90 bits per heavy atom. The summed E-state index contributed by atoms with van der Waals surface area (Å²) in [4.78, 5) is 32.1. The molecule has 4 aromatic rings. The summed E-state index contributed by atoms with van der Waals surface area (Å²) in [7, 11) is 0. The summed E-state index contributed by atoms with van der Waals surface area (Å²) in [5.74, 6) is -0.0656. The quantitative estimate of drug-likeness (QED) is 0.377. The van der Waals surface area contributed by atoms with Crippen LogP contribution in [0.1, 0.15) is 40.1 Å². The first-order valence-electron chi connectivity index (χ1n) is 12.3. The van der Waals surface area contributed by atoms with Crippen molar-refractivity contribution in [1.82, 2.24) is 14.5 Å². The van der Waals surface area contributed by atoms with Crippen LogP contribution in [-0.2, 0) is 17.7 Å². The molecule has 5 rings (SSSR count). The Hall–Kier alpha value is -4.60. The minimum Gasteiger partial charge on any atom is -0.431 e. The Labute approximate surface area is 222 Å². The Morgan fingerprint density at radius 1 is 0.872 bits per heavy atom. The smallest absolute Gasteiger partial charge is 0.429 e. The molecular weight excluding hydrogens is 509 g/mol. The van der Waals surface area contributed by atoms with Crippen LogP contribution in [0.15, 0.2) is 95.8 Å². The number of halogens is 3. The molecule has 2 N–H and O–H groups in total. The van der Waals surface area contributed by atoms with E-state index in [1.54, 1.807) is 6.07 Å². The molecule has 1 aliphatic rings. The molecule has 0 spiro atoms. The van der Waals surface area contributed by atoms with E-state index in [9.17, 15) is 22.8 Å². The van der Waals surface area contributed by atoms with Gasteiger partial charge in [-0.25, -0.2) is 9.78 Å². The van der Waals surface area contributed by atoms with Crippen molar-refractivity contribution in [3.63, 3.8) is 0 Å². The number of fused-ring (bicyclic) bond motifs is 1. The SMILES string of the molecule is Nc1nc2c(c(=O)n1C(c1ccccc1)c1ccccc1)CCN(C(=O)OC(c1ccccc1)C(F)(F)F)C2. The zero-order chi connectivity index (χ0) is 27.6. The van der Waals surface area contributed by atoms with Crippen molar-refractivity contribution in [2.45, 2.75) is 31.3 Å². The molecule has 0 aliphatic carbocycles. The van der Waals surface area contributed by atoms with E-state index in [-0.39, 0.29) is 42.3 Å². The first-order chi connectivity index (χ1) is 18.7. The largest absolute Gasteiger partial charge is 0.431 e. The lowest BCUT2D eigenvalue weighted by Gasteiger charge is -2.31. The number of hydrogen-bond donors (Lipinski definition) is 1. The van der Waals surface area contributed by atoms with Gasteiger partial charge in [0.25, 0.3) is 5.56 Å². The van der Waals surface area contributed by atoms with E-state index < -0.39 is 24.4 Å². The highest BCUT2D eigenvalue weighted by Crippen LogP contribution is 2.36. The summed E-state index contributed by atoms with van der Waals surface area (Å²) in [6.07, 6.45) is -8.28. The van der Waals surface area contributed by atoms with Crippen molar-refractivity contribution < 1.29 is 22.7 Å². The van der Waals surface area contributed by atoms with Crippen molar-refractivity contribution in [3.05, 3.63) is 129 Å². The van der Waals surface area contributed by atoms with Gasteiger partial charge in [-0.1, -0.05) is 91.0 Å². The molecule has 1 unspecified atom stereocenters. The lowest BCUT2D eigenvalue weighted by atomic mass is 9.97. The second-order valence-corrected chi connectivity index (χ2v) is 9.18. The summed E-state index contributed by atoms with van der Waals surface area (Å²) in [5.41, 5.74) is 8.04. The normalized spacial score (nSPS) is 14.1. The molecule has 0 fully saturated rings. The molecule has 200 valence electrons. The molecule has 0 saturated heterocycles. The van der Waals surface area contributed by atoms with Crippen LogP contribution in [0.5, 0.6) is 0 Å². The van der Waals surface area contributed by atoms with E-state index in [2.05, 4.69) is 4.98 Å². The van der Waals surface area contributed by atoms with Gasteiger partial charge in [0.1, 0.15) is 0 Å². The Bertz CT molecular complexity index is 1470. The van der Waals surface area contributed by atoms with Gasteiger partial charge < -0.3 is 15.4 Å². The van der Waals surface area contributed by atoms with Crippen LogP contribution in [0, 0.1) is 0 Å². The standard InChI is InChI=1S/C29H25F3N4O3/c30-29(31,32)25(21-14-8-3-9-15-21)39-28(38)35-17-16-22-23(18-35)34-27(33)36(26(22)37)24(19-10-4-1-5-11-19)20-12-6-2-7-13-20/h1-15,24-25H,16-18H2,(H2,33,34). The fourth-order valence-electron chi connectivity index (χ4n) is 4.81. The fourth-order valence-corrected chi connectivity index (χ4v) is 4.81. The minimum absolute atomic E-state index is 0.00657. The molecule has 3 aromatic carbocycles. The average molecular weight is 535 g/mol. The van der Waals surface area contributed by atoms with E-state index in [1.165, 1.54) is 28.8 Å². The zero-order valence-electron chi connectivity index (χ0n) is 20.7. The number of alkyl halides is 3. The number of anilines is 1. The summed E-state index contributed by atoms with van der Waals surface area (Å²) in [6, 6.07) is 25.2. The molecular formula is C29H25F3N4O3. The molecule has 39 heavy (non-hydrogen) atoms. The summed E-state index contributed by atoms with van der Waals surface area (Å²) >= 11 is 0. The van der Waals surface area contributed by atoms with Gasteiger partial charge in [-0.05, 0) is 17.5 Å². The number of ether oxygens (including phenoxy) is 1. The van der Waals surface area contributed by atoms with E-state index in [4.69, 9.17) is 10.5 Å². The predicted molar refractivity (Wildman–Crippen MR) is 139 cm³/mol. The van der Waals surface area contributed by atoms with Gasteiger partial charge in [-0.2, -0.15) is 13.2 Å². The lowest BCUT2D eigenvalue weighted by Crippen LogP contribution is -2.43. The molecule has 1 aromatic heterocycles. The van der Waals surface area contributed by atoms with Crippen LogP contribution in [0.25, 0.3) is 0 Å². The first-order valence-corrected chi connectivity index (χ1v) is 12.3. The number of carbonyl (C=O) groups excluding carboxylic acids is 1. The van der Waals surface area contributed by atoms with Crippen LogP contribution >= 0.6 is 0 Å². The molecule has 0 saturated carbocycles. The monoisotopic (exact) mass is 534 g/mol. The van der Waals surface area contributed by atoms with Crippen LogP contribution in [0.3, 0.4) is 0 Å². The van der Waals surface area contributed by atoms with Gasteiger partial charge in [0.2, 0.25) is 12.1 Å². The van der Waals surface area contributed by atoms with Gasteiger partial charge in [-0.3, -0.25) is 9.36 Å². The Kier molecular flexibility index (Phi) is 7.10. The second kappa shape index (κ2) is 10.6. The second-order valence-electron chi connectivity index (χ2n) is 9.18. The Balaban J connectivity index is 1.45. The minimum atomic E-state index is -4.80. The topological polar surface area (TPSA) is 90.5 Å². The third-order valence-corrected chi connectivity index (χ3v) is 6.66. The van der Waals surface area contributed by atoms with Crippen molar-refractivity contribution >= 4 is 12.0 Å². The number of nitrogens with two attached hydrogens (primary N) is 1. The highest BCUT2D eigenvalue weighted by molar-refractivity contribution is 5.68. The van der Waals surface area contributed by atoms with Crippen molar-refractivity contribution in [1.29, 1.82) is 0 Å². The maximum absolute atomic E-state index is 13.8. The molecule has 1 aliphatic heterocycles. The zero-order valence-corrected chi connectivity index (χ0v) is 20.7. The molecule has 1 atom stereocenters. The number of rotatable bonds is 5. The van der Waals surface area contributed by atoms with Crippen LogP contribution in [0.4, 0.5) is 23.9 Å². The van der Waals surface area contributed by atoms with Crippen LogP contribution in [-0.4, -0.2) is 33.3 Å². The number of nitrogen functional groups attached to an aromatic ring is 1. The Morgan fingerprint density at radius 2 is 1.38 bits per heavy atom. The van der Waals surface area contributed by atoms with Crippen LogP contribution in [0.2, 0.25) is 0 Å². The van der Waals surface area contributed by atoms with Crippen LogP contribution < -0.4 is 11.3 Å². The first kappa shape index (κ1) is 26.0. The van der Waals surface area contributed by atoms with Crippen molar-refractivity contribution in [2.24, 2.45) is 0 Å². The van der Waals surface area contributed by atoms with E-state index in [1.807, 2.05) is 60.7 Å². The third kappa shape index (κ3) is 5.36. The number of nitrogens with zero attached hydrogens (tertiary/aromatic N) is 3. The number of carbonyl (C=O) groups is 1. The number of benzene rings is 3. The van der Waals surface area contributed by atoms with Crippen molar-refractivity contribution in [2.75, 3.05) is 12.3 Å². The molecule has 2 heterocycles. The molecule has 0 radical (unpaired) electrons. The van der Waals surface area contributed by atoms with E-state index in [0.717, 1.165) is 16.0 Å². The van der Waals surface area contributed by atoms with Gasteiger partial charge in [0.05, 0.1) is 18.3 Å². The highest BCUT2D eigenvalue weighted by Gasteiger charge is 2.45. The molecule has 1 amide bonds. The van der Waals surface area contributed by atoms with Crippen molar-refractivity contribution in [3.8, 4) is 0 Å². The maximum atomic E-state index is 13.8. The number of amides is 1. The summed E-state index contributed by atoms with van der Waals surface area (Å²) < 4.78 is 47.5. The van der Waals surface area contributed by atoms with Gasteiger partial charge in [-0.15, -0.1) is 0 Å². The van der Waals surface area contributed by atoms with Gasteiger partial charge in [0.15, 0.2) is 0 Å². The average Bonchev–Trinajstić information content (AvgIpc) is 2.94.